The summed E-state index contributed by atoms with van der Waals surface area (Å²) in [5.41, 5.74) is 2.16. The third kappa shape index (κ3) is 1.80. The highest BCUT2D eigenvalue weighted by Crippen LogP contribution is 2.45. The van der Waals surface area contributed by atoms with E-state index in [4.69, 9.17) is 11.6 Å². The monoisotopic (exact) mass is 236 g/mol. The molecule has 2 aliphatic rings. The highest BCUT2D eigenvalue weighted by atomic mass is 35.5. The van der Waals surface area contributed by atoms with Gasteiger partial charge in [0.1, 0.15) is 5.15 Å². The van der Waals surface area contributed by atoms with Crippen molar-refractivity contribution in [3.63, 3.8) is 0 Å². The molecule has 16 heavy (non-hydrogen) atoms. The second kappa shape index (κ2) is 3.92. The van der Waals surface area contributed by atoms with Crippen molar-refractivity contribution in [2.45, 2.75) is 38.6 Å². The predicted molar refractivity (Wildman–Crippen MR) is 66.8 cm³/mol. The molecule has 0 spiro atoms. The minimum absolute atomic E-state index is 0.580. The summed E-state index contributed by atoms with van der Waals surface area (Å²) in [6, 6.07) is 4.58. The Morgan fingerprint density at radius 1 is 1.31 bits per heavy atom. The van der Waals surface area contributed by atoms with Gasteiger partial charge in [-0.2, -0.15) is 0 Å². The molecule has 2 aliphatic carbocycles. The van der Waals surface area contributed by atoms with E-state index in [2.05, 4.69) is 16.4 Å². The molecule has 3 unspecified atom stereocenters. The van der Waals surface area contributed by atoms with Gasteiger partial charge in [0, 0.05) is 6.04 Å². The summed E-state index contributed by atoms with van der Waals surface area (Å²) in [5.74, 6) is 1.86. The minimum Gasteiger partial charge on any atom is -0.381 e. The lowest BCUT2D eigenvalue weighted by atomic mass is 9.95. The molecule has 1 heterocycles. The molecule has 2 nitrogen and oxygen atoms in total. The van der Waals surface area contributed by atoms with Crippen LogP contribution in [0.25, 0.3) is 0 Å². The number of hydrogen-bond donors (Lipinski definition) is 1. The lowest BCUT2D eigenvalue weighted by Crippen LogP contribution is -2.26. The van der Waals surface area contributed by atoms with Crippen LogP contribution in [0.3, 0.4) is 0 Å². The zero-order chi connectivity index (χ0) is 11.1. The Kier molecular flexibility index (Phi) is 2.55. The molecule has 0 aromatic carbocycles. The van der Waals surface area contributed by atoms with Crippen LogP contribution in [0.2, 0.25) is 5.15 Å². The number of fused-ring (bicyclic) bond motifs is 2. The molecule has 3 atom stereocenters. The molecule has 1 aromatic heterocycles. The van der Waals surface area contributed by atoms with Crippen LogP contribution in [0, 0.1) is 18.8 Å². The lowest BCUT2D eigenvalue weighted by Gasteiger charge is -2.24. The Bertz CT molecular complexity index is 405. The molecule has 3 heteroatoms. The Morgan fingerprint density at radius 3 is 2.81 bits per heavy atom. The maximum atomic E-state index is 5.86. The molecule has 2 saturated carbocycles. The van der Waals surface area contributed by atoms with Crippen molar-refractivity contribution in [2.75, 3.05) is 5.32 Å². The number of aromatic nitrogens is 1. The van der Waals surface area contributed by atoms with E-state index in [9.17, 15) is 0 Å². The zero-order valence-electron chi connectivity index (χ0n) is 9.54. The number of pyridine rings is 1. The van der Waals surface area contributed by atoms with E-state index >= 15 is 0 Å². The van der Waals surface area contributed by atoms with Crippen LogP contribution in [-0.4, -0.2) is 11.0 Å². The maximum Gasteiger partial charge on any atom is 0.129 e. The number of anilines is 1. The topological polar surface area (TPSA) is 24.9 Å². The van der Waals surface area contributed by atoms with E-state index in [-0.39, 0.29) is 0 Å². The second-order valence-electron chi connectivity index (χ2n) is 5.19. The van der Waals surface area contributed by atoms with Gasteiger partial charge in [-0.05, 0) is 50.2 Å². The van der Waals surface area contributed by atoms with E-state index < -0.39 is 0 Å². The van der Waals surface area contributed by atoms with Crippen molar-refractivity contribution in [3.8, 4) is 0 Å². The van der Waals surface area contributed by atoms with Gasteiger partial charge >= 0.3 is 0 Å². The Hall–Kier alpha value is -0.760. The van der Waals surface area contributed by atoms with Gasteiger partial charge in [-0.15, -0.1) is 0 Å². The zero-order valence-corrected chi connectivity index (χ0v) is 10.3. The van der Waals surface area contributed by atoms with Gasteiger partial charge in [-0.25, -0.2) is 4.98 Å². The smallest absolute Gasteiger partial charge is 0.129 e. The molecule has 2 bridgehead atoms. The van der Waals surface area contributed by atoms with Gasteiger partial charge in [0.25, 0.3) is 0 Å². The van der Waals surface area contributed by atoms with E-state index in [1.807, 2.05) is 13.0 Å². The van der Waals surface area contributed by atoms with Crippen LogP contribution in [0.15, 0.2) is 12.1 Å². The van der Waals surface area contributed by atoms with Crippen molar-refractivity contribution >= 4 is 17.3 Å². The van der Waals surface area contributed by atoms with Crippen LogP contribution in [-0.2, 0) is 0 Å². The van der Waals surface area contributed by atoms with Gasteiger partial charge in [0.05, 0.1) is 11.4 Å². The number of halogens is 1. The first-order valence-electron chi connectivity index (χ1n) is 6.12. The molecule has 0 radical (unpaired) electrons. The van der Waals surface area contributed by atoms with Crippen molar-refractivity contribution < 1.29 is 0 Å². The minimum atomic E-state index is 0.580. The molecule has 86 valence electrons. The van der Waals surface area contributed by atoms with Crippen molar-refractivity contribution in [1.82, 2.24) is 4.98 Å². The first-order chi connectivity index (χ1) is 7.72. The molecule has 3 rings (SSSR count). The van der Waals surface area contributed by atoms with Crippen LogP contribution in [0.1, 0.15) is 31.4 Å². The summed E-state index contributed by atoms with van der Waals surface area (Å²) in [7, 11) is 0. The number of rotatable bonds is 2. The third-order valence-electron chi connectivity index (χ3n) is 4.13. The fourth-order valence-electron chi connectivity index (χ4n) is 3.30. The molecule has 1 aromatic rings. The molecular weight excluding hydrogens is 220 g/mol. The van der Waals surface area contributed by atoms with Gasteiger partial charge in [-0.1, -0.05) is 18.0 Å². The largest absolute Gasteiger partial charge is 0.381 e. The van der Waals surface area contributed by atoms with Crippen molar-refractivity contribution in [1.29, 1.82) is 0 Å². The summed E-state index contributed by atoms with van der Waals surface area (Å²) in [6.07, 6.45) is 5.62. The maximum absolute atomic E-state index is 5.86. The summed E-state index contributed by atoms with van der Waals surface area (Å²) in [4.78, 5) is 4.28. The number of nitrogens with one attached hydrogen (secondary N) is 1. The standard InChI is InChI=1S/C13H17ClN2/c1-8-11(4-5-13(14)15-8)16-12-7-9-2-3-10(12)6-9/h4-5,9-10,12,16H,2-3,6-7H2,1H3. The summed E-state index contributed by atoms with van der Waals surface area (Å²) in [5, 5.41) is 4.23. The van der Waals surface area contributed by atoms with Crippen LogP contribution in [0.5, 0.6) is 0 Å². The van der Waals surface area contributed by atoms with Crippen molar-refractivity contribution in [2.24, 2.45) is 11.8 Å². The number of hydrogen-bond acceptors (Lipinski definition) is 2. The average Bonchev–Trinajstić information content (AvgIpc) is 2.84. The van der Waals surface area contributed by atoms with Crippen molar-refractivity contribution in [3.05, 3.63) is 23.0 Å². The summed E-state index contributed by atoms with van der Waals surface area (Å²) >= 11 is 5.86. The third-order valence-corrected chi connectivity index (χ3v) is 4.34. The van der Waals surface area contributed by atoms with E-state index in [1.54, 1.807) is 0 Å². The Balaban J connectivity index is 1.74. The Labute approximate surface area is 101 Å². The highest BCUT2D eigenvalue weighted by molar-refractivity contribution is 6.29. The SMILES string of the molecule is Cc1nc(Cl)ccc1NC1CC2CCC1C2. The van der Waals surface area contributed by atoms with Gasteiger partial charge in [0.15, 0.2) is 0 Å². The van der Waals surface area contributed by atoms with Gasteiger partial charge < -0.3 is 5.32 Å². The average molecular weight is 237 g/mol. The van der Waals surface area contributed by atoms with Crippen LogP contribution in [0.4, 0.5) is 5.69 Å². The quantitative estimate of drug-likeness (QED) is 0.793. The lowest BCUT2D eigenvalue weighted by molar-refractivity contribution is 0.439. The summed E-state index contributed by atoms with van der Waals surface area (Å²) < 4.78 is 0. The molecular formula is C13H17ClN2. The van der Waals surface area contributed by atoms with Crippen LogP contribution < -0.4 is 5.32 Å². The van der Waals surface area contributed by atoms with E-state index in [1.165, 1.54) is 25.7 Å². The molecule has 0 aliphatic heterocycles. The normalized spacial score (nSPS) is 32.0. The number of aryl methyl sites for hydroxylation is 1. The van der Waals surface area contributed by atoms with E-state index in [0.717, 1.165) is 23.2 Å². The molecule has 2 fully saturated rings. The molecule has 1 N–H and O–H groups in total. The Morgan fingerprint density at radius 2 is 2.19 bits per heavy atom. The summed E-state index contributed by atoms with van der Waals surface area (Å²) in [6.45, 7) is 2.02. The fraction of sp³-hybridized carbons (Fsp3) is 0.615. The van der Waals surface area contributed by atoms with Crippen LogP contribution >= 0.6 is 11.6 Å². The first-order valence-corrected chi connectivity index (χ1v) is 6.50. The first kappa shape index (κ1) is 10.4. The second-order valence-corrected chi connectivity index (χ2v) is 5.58. The molecule has 0 amide bonds. The fourth-order valence-corrected chi connectivity index (χ4v) is 3.49. The van der Waals surface area contributed by atoms with E-state index in [0.29, 0.717) is 11.2 Å². The van der Waals surface area contributed by atoms with Gasteiger partial charge in [0.2, 0.25) is 0 Å². The molecule has 0 saturated heterocycles. The van der Waals surface area contributed by atoms with Gasteiger partial charge in [-0.3, -0.25) is 0 Å². The highest BCUT2D eigenvalue weighted by Gasteiger charge is 2.39. The predicted octanol–water partition coefficient (Wildman–Crippen LogP) is 3.64. The number of nitrogens with zero attached hydrogens (tertiary/aromatic N) is 1.